The Bertz CT molecular complexity index is 977. The van der Waals surface area contributed by atoms with Crippen molar-refractivity contribution in [2.24, 2.45) is 0 Å². The van der Waals surface area contributed by atoms with Crippen LogP contribution in [-0.2, 0) is 6.54 Å². The first kappa shape index (κ1) is 23.9. The number of rotatable bonds is 5. The highest BCUT2D eigenvalue weighted by atomic mass is 35.5. The number of carbonyl (C=O) groups is 1. The minimum atomic E-state index is -1.53. The summed E-state index contributed by atoms with van der Waals surface area (Å²) < 4.78 is 29.8. The lowest BCUT2D eigenvalue weighted by molar-refractivity contribution is 0.0141. The number of piperidine rings is 1. The van der Waals surface area contributed by atoms with E-state index in [4.69, 9.17) is 11.6 Å². The van der Waals surface area contributed by atoms with Gasteiger partial charge >= 0.3 is 0 Å². The van der Waals surface area contributed by atoms with E-state index in [2.05, 4.69) is 10.3 Å². The molecule has 1 N–H and O–H groups in total. The molecule has 1 unspecified atom stereocenters. The number of aryl methyl sites for hydroxylation is 1. The van der Waals surface area contributed by atoms with E-state index in [1.807, 2.05) is 50.4 Å². The van der Waals surface area contributed by atoms with Crippen LogP contribution in [-0.4, -0.2) is 71.3 Å². The lowest BCUT2D eigenvalue weighted by Gasteiger charge is -2.61. The summed E-state index contributed by atoms with van der Waals surface area (Å²) in [5.74, 6) is -0.854. The summed E-state index contributed by atoms with van der Waals surface area (Å²) in [6.45, 7) is 2.86. The predicted molar refractivity (Wildman–Crippen MR) is 131 cm³/mol. The van der Waals surface area contributed by atoms with Crippen molar-refractivity contribution in [2.45, 2.75) is 36.1 Å². The number of benzene rings is 1. The minimum absolute atomic E-state index is 0.103. The monoisotopic (exact) mass is 441 g/mol. The molecular weight excluding hydrogens is 415 g/mol. The molecule has 1 aliphatic rings. The van der Waals surface area contributed by atoms with Crippen LogP contribution in [0.2, 0.25) is 10.2 Å². The standard InChI is InChI=1S/C20H26B4ClF2N3O/c1-12-2-4-14(29-9-12)10-28-11-18(27)6-7-30(20(23,24)19(18,21)22)17(31)13-3-5-16(26)15(25)8-13/h2-5,8-9,28H,6-7,10-11,21-24H2,1H3. The number of nitrogens with one attached hydrogen (secondary N) is 1. The van der Waals surface area contributed by atoms with Gasteiger partial charge in [0, 0.05) is 31.4 Å². The third-order valence-corrected chi connectivity index (χ3v) is 7.44. The van der Waals surface area contributed by atoms with Gasteiger partial charge in [0.05, 0.1) is 10.7 Å². The minimum Gasteiger partial charge on any atom is -0.349 e. The molecule has 1 amide bonds. The second-order valence-corrected chi connectivity index (χ2v) is 9.82. The van der Waals surface area contributed by atoms with Crippen molar-refractivity contribution in [2.75, 3.05) is 13.1 Å². The predicted octanol–water partition coefficient (Wildman–Crippen LogP) is -0.171. The number of hydrogen-bond donors (Lipinski definition) is 1. The van der Waals surface area contributed by atoms with E-state index in [0.717, 1.165) is 11.3 Å². The van der Waals surface area contributed by atoms with Crippen LogP contribution in [0.5, 0.6) is 0 Å². The molecule has 160 valence electrons. The third-order valence-electron chi connectivity index (χ3n) is 7.15. The van der Waals surface area contributed by atoms with Gasteiger partial charge in [-0.25, -0.2) is 8.78 Å². The molecule has 3 rings (SSSR count). The van der Waals surface area contributed by atoms with Gasteiger partial charge < -0.3 is 10.2 Å². The fraction of sp³-hybridized carbons (Fsp3) is 0.400. The highest BCUT2D eigenvalue weighted by molar-refractivity contribution is 6.55. The van der Waals surface area contributed by atoms with Crippen molar-refractivity contribution in [1.29, 1.82) is 0 Å². The van der Waals surface area contributed by atoms with E-state index in [1.165, 1.54) is 18.2 Å². The molecule has 1 fully saturated rings. The van der Waals surface area contributed by atoms with Gasteiger partial charge in [-0.05, 0) is 53.7 Å². The number of aromatic nitrogens is 1. The van der Waals surface area contributed by atoms with Crippen molar-refractivity contribution >= 4 is 48.9 Å². The molecule has 0 radical (unpaired) electrons. The molecule has 1 atom stereocenters. The lowest BCUT2D eigenvalue weighted by atomic mass is 9.27. The van der Waals surface area contributed by atoms with E-state index in [-0.39, 0.29) is 30.4 Å². The van der Waals surface area contributed by atoms with E-state index in [1.54, 1.807) is 11.1 Å². The first-order valence-electron chi connectivity index (χ1n) is 10.5. The van der Waals surface area contributed by atoms with Crippen LogP contribution in [0.3, 0.4) is 0 Å². The molecule has 1 aromatic carbocycles. The first-order valence-corrected chi connectivity index (χ1v) is 10.8. The number of carbonyl (C=O) groups excluding carboxylic acids is 1. The topological polar surface area (TPSA) is 45.2 Å². The molecule has 0 aliphatic carbocycles. The van der Waals surface area contributed by atoms with Gasteiger partial charge in [0.2, 0.25) is 0 Å². The van der Waals surface area contributed by atoms with Crippen LogP contribution in [0.4, 0.5) is 8.78 Å². The molecule has 2 heterocycles. The molecule has 1 aliphatic heterocycles. The van der Waals surface area contributed by atoms with Crippen molar-refractivity contribution < 1.29 is 13.6 Å². The van der Waals surface area contributed by atoms with Gasteiger partial charge in [-0.1, -0.05) is 17.7 Å². The Labute approximate surface area is 191 Å². The fourth-order valence-electron chi connectivity index (χ4n) is 4.21. The Morgan fingerprint density at radius 2 is 1.97 bits per heavy atom. The molecule has 0 bridgehead atoms. The number of pyridine rings is 1. The van der Waals surface area contributed by atoms with Gasteiger partial charge in [-0.2, -0.15) is 0 Å². The normalized spacial score (nSPS) is 22.3. The number of amides is 1. The zero-order valence-electron chi connectivity index (χ0n) is 18.7. The molecule has 11 heteroatoms. The number of alkyl halides is 1. The Morgan fingerprint density at radius 3 is 2.58 bits per heavy atom. The summed E-state index contributed by atoms with van der Waals surface area (Å²) in [6.07, 6.45) is 1.99. The molecule has 0 spiro atoms. The summed E-state index contributed by atoms with van der Waals surface area (Å²) in [5, 5.41) is 1.47. The van der Waals surface area contributed by atoms with Crippen molar-refractivity contribution in [1.82, 2.24) is 15.2 Å². The molecular formula is C20H26B4ClF2N3O. The van der Waals surface area contributed by atoms with Crippen LogP contribution in [0.25, 0.3) is 0 Å². The van der Waals surface area contributed by atoms with Crippen molar-refractivity contribution in [3.05, 3.63) is 64.2 Å². The largest absolute Gasteiger partial charge is 0.349 e. The number of nitrogens with zero attached hydrogens (tertiary/aromatic N) is 2. The highest BCUT2D eigenvalue weighted by Crippen LogP contribution is 2.51. The van der Waals surface area contributed by atoms with Crippen LogP contribution in [0, 0.1) is 12.7 Å². The van der Waals surface area contributed by atoms with E-state index < -0.39 is 22.0 Å². The van der Waals surface area contributed by atoms with Gasteiger partial charge in [0.25, 0.3) is 5.91 Å². The van der Waals surface area contributed by atoms with Crippen molar-refractivity contribution in [3.8, 4) is 0 Å². The van der Waals surface area contributed by atoms with Crippen LogP contribution in [0.1, 0.15) is 28.0 Å². The maximum absolute atomic E-state index is 16.3. The summed E-state index contributed by atoms with van der Waals surface area (Å²) in [5.41, 5.74) is 0.698. The molecule has 0 saturated carbocycles. The summed E-state index contributed by atoms with van der Waals surface area (Å²) in [6, 6.07) is 7.83. The second kappa shape index (κ2) is 8.62. The third kappa shape index (κ3) is 4.42. The quantitative estimate of drug-likeness (QED) is 0.656. The average Bonchev–Trinajstić information content (AvgIpc) is 2.70. The first-order chi connectivity index (χ1) is 14.4. The lowest BCUT2D eigenvalue weighted by Crippen LogP contribution is -2.72. The summed E-state index contributed by atoms with van der Waals surface area (Å²) >= 11 is 5.87. The molecule has 4 nitrogen and oxygen atoms in total. The van der Waals surface area contributed by atoms with Gasteiger partial charge in [0.15, 0.2) is 0 Å². The van der Waals surface area contributed by atoms with Gasteiger partial charge in [0.1, 0.15) is 42.9 Å². The summed E-state index contributed by atoms with van der Waals surface area (Å²) in [4.78, 5) is 19.2. The SMILES string of the molecule is BC1(B)N(C(=O)c2ccc(F)c(Cl)c2)CCC(F)(CNCc2ccc(C)cn2)C1(B)B. The van der Waals surface area contributed by atoms with Crippen molar-refractivity contribution in [3.63, 3.8) is 0 Å². The molecule has 1 saturated heterocycles. The second-order valence-electron chi connectivity index (χ2n) is 9.42. The van der Waals surface area contributed by atoms with Gasteiger partial charge in [-0.3, -0.25) is 9.78 Å². The Hall–Kier alpha value is -1.79. The van der Waals surface area contributed by atoms with Crippen LogP contribution < -0.4 is 5.32 Å². The molecule has 31 heavy (non-hydrogen) atoms. The fourth-order valence-corrected chi connectivity index (χ4v) is 4.39. The Kier molecular flexibility index (Phi) is 6.64. The van der Waals surface area contributed by atoms with E-state index in [0.29, 0.717) is 12.1 Å². The highest BCUT2D eigenvalue weighted by Gasteiger charge is 2.59. The zero-order chi connectivity index (χ0) is 23.0. The number of halogens is 3. The molecule has 2 aromatic rings. The van der Waals surface area contributed by atoms with Gasteiger partial charge in [-0.15, -0.1) is 0 Å². The Morgan fingerprint density at radius 1 is 1.26 bits per heavy atom. The average molecular weight is 441 g/mol. The smallest absolute Gasteiger partial charge is 0.253 e. The maximum Gasteiger partial charge on any atom is 0.253 e. The van der Waals surface area contributed by atoms with E-state index in [9.17, 15) is 9.18 Å². The van der Waals surface area contributed by atoms with Crippen LogP contribution >= 0.6 is 11.6 Å². The summed E-state index contributed by atoms with van der Waals surface area (Å²) in [7, 11) is 7.47. The van der Waals surface area contributed by atoms with E-state index >= 15 is 4.39 Å². The molecule has 1 aromatic heterocycles. The Balaban J connectivity index is 1.76. The number of likely N-dealkylation sites (tertiary alicyclic amines) is 1. The maximum atomic E-state index is 16.3. The zero-order valence-corrected chi connectivity index (χ0v) is 19.5. The number of hydrogen-bond acceptors (Lipinski definition) is 3. The van der Waals surface area contributed by atoms with Crippen LogP contribution in [0.15, 0.2) is 36.5 Å².